The summed E-state index contributed by atoms with van der Waals surface area (Å²) < 4.78 is 7.08. The summed E-state index contributed by atoms with van der Waals surface area (Å²) in [6.07, 6.45) is 5.21. The van der Waals surface area contributed by atoms with Crippen LogP contribution in [0.25, 0.3) is 0 Å². The maximum absolute atomic E-state index is 12.0. The molecule has 2 heterocycles. The predicted octanol–water partition coefficient (Wildman–Crippen LogP) is 3.34. The molecule has 6 heteroatoms. The Morgan fingerprint density at radius 3 is 2.57 bits per heavy atom. The summed E-state index contributed by atoms with van der Waals surface area (Å²) in [5.74, 6) is -0.370. The molecule has 0 fully saturated rings. The van der Waals surface area contributed by atoms with Crippen LogP contribution in [0.15, 0.2) is 61.1 Å². The van der Waals surface area contributed by atoms with Crippen LogP contribution in [-0.2, 0) is 17.9 Å². The molecule has 0 amide bonds. The fourth-order valence-electron chi connectivity index (χ4n) is 2.05. The van der Waals surface area contributed by atoms with E-state index in [1.54, 1.807) is 36.7 Å². The normalized spacial score (nSPS) is 10.5. The SMILES string of the molecule is O=C(OCc1ccc(Cl)nc1)c1ccc(Cn2cccn2)cc1. The first-order valence-corrected chi connectivity index (χ1v) is 7.42. The van der Waals surface area contributed by atoms with E-state index in [4.69, 9.17) is 16.3 Å². The zero-order valence-electron chi connectivity index (χ0n) is 12.2. The number of carbonyl (C=O) groups is 1. The number of nitrogens with zero attached hydrogens (tertiary/aromatic N) is 3. The second-order valence-electron chi connectivity index (χ2n) is 4.97. The lowest BCUT2D eigenvalue weighted by Crippen LogP contribution is -2.06. The smallest absolute Gasteiger partial charge is 0.338 e. The van der Waals surface area contributed by atoms with Gasteiger partial charge < -0.3 is 4.74 Å². The van der Waals surface area contributed by atoms with E-state index >= 15 is 0 Å². The molecule has 0 atom stereocenters. The van der Waals surface area contributed by atoms with Crippen LogP contribution in [0.3, 0.4) is 0 Å². The van der Waals surface area contributed by atoms with Gasteiger partial charge in [-0.05, 0) is 29.8 Å². The van der Waals surface area contributed by atoms with E-state index in [0.717, 1.165) is 11.1 Å². The molecule has 0 radical (unpaired) electrons. The van der Waals surface area contributed by atoms with Gasteiger partial charge in [0.1, 0.15) is 11.8 Å². The molecule has 0 unspecified atom stereocenters. The molecule has 0 saturated heterocycles. The highest BCUT2D eigenvalue weighted by Crippen LogP contribution is 2.10. The second kappa shape index (κ2) is 7.07. The number of carbonyl (C=O) groups excluding carboxylic acids is 1. The molecule has 0 spiro atoms. The third-order valence-electron chi connectivity index (χ3n) is 3.25. The summed E-state index contributed by atoms with van der Waals surface area (Å²) in [5.41, 5.74) is 2.36. The van der Waals surface area contributed by atoms with Crippen molar-refractivity contribution in [1.82, 2.24) is 14.8 Å². The summed E-state index contributed by atoms with van der Waals surface area (Å²) >= 11 is 5.71. The van der Waals surface area contributed by atoms with Crippen LogP contribution in [0.4, 0.5) is 0 Å². The highest BCUT2D eigenvalue weighted by molar-refractivity contribution is 6.29. The summed E-state index contributed by atoms with van der Waals surface area (Å²) in [4.78, 5) is 16.0. The fourth-order valence-corrected chi connectivity index (χ4v) is 2.16. The average molecular weight is 328 g/mol. The topological polar surface area (TPSA) is 57.0 Å². The molecule has 0 aliphatic carbocycles. The highest BCUT2D eigenvalue weighted by Gasteiger charge is 2.08. The highest BCUT2D eigenvalue weighted by atomic mass is 35.5. The average Bonchev–Trinajstić information content (AvgIpc) is 3.08. The molecule has 0 aliphatic rings. The van der Waals surface area contributed by atoms with Gasteiger partial charge in [0, 0.05) is 24.2 Å². The first-order chi connectivity index (χ1) is 11.2. The van der Waals surface area contributed by atoms with E-state index in [-0.39, 0.29) is 12.6 Å². The van der Waals surface area contributed by atoms with E-state index in [1.165, 1.54) is 0 Å². The number of halogens is 1. The summed E-state index contributed by atoms with van der Waals surface area (Å²) in [6.45, 7) is 0.830. The van der Waals surface area contributed by atoms with E-state index in [9.17, 15) is 4.79 Å². The molecule has 2 aromatic heterocycles. The van der Waals surface area contributed by atoms with Crippen LogP contribution in [-0.4, -0.2) is 20.7 Å². The predicted molar refractivity (Wildman–Crippen MR) is 86.1 cm³/mol. The van der Waals surface area contributed by atoms with Gasteiger partial charge in [-0.15, -0.1) is 0 Å². The van der Waals surface area contributed by atoms with Gasteiger partial charge >= 0.3 is 5.97 Å². The number of pyridine rings is 1. The lowest BCUT2D eigenvalue weighted by Gasteiger charge is -2.06. The Bertz CT molecular complexity index is 769. The number of ether oxygens (including phenoxy) is 1. The molecule has 0 saturated carbocycles. The minimum absolute atomic E-state index is 0.165. The molecule has 23 heavy (non-hydrogen) atoms. The summed E-state index contributed by atoms with van der Waals surface area (Å²) in [5, 5.41) is 4.56. The Kier molecular flexibility index (Phi) is 4.68. The van der Waals surface area contributed by atoms with Crippen molar-refractivity contribution in [2.75, 3.05) is 0 Å². The Balaban J connectivity index is 1.58. The lowest BCUT2D eigenvalue weighted by molar-refractivity contribution is 0.0472. The minimum Gasteiger partial charge on any atom is -0.457 e. The number of hydrogen-bond acceptors (Lipinski definition) is 4. The fraction of sp³-hybridized carbons (Fsp3) is 0.118. The molecule has 5 nitrogen and oxygen atoms in total. The van der Waals surface area contributed by atoms with E-state index < -0.39 is 0 Å². The molecule has 116 valence electrons. The quantitative estimate of drug-likeness (QED) is 0.533. The zero-order valence-corrected chi connectivity index (χ0v) is 13.0. The van der Waals surface area contributed by atoms with Crippen molar-refractivity contribution in [3.05, 3.63) is 82.9 Å². The Labute approximate surface area is 138 Å². The van der Waals surface area contributed by atoms with Crippen LogP contribution in [0, 0.1) is 0 Å². The molecular weight excluding hydrogens is 314 g/mol. The minimum atomic E-state index is -0.370. The maximum atomic E-state index is 12.0. The standard InChI is InChI=1S/C17H14ClN3O2/c18-16-7-4-14(10-19-16)12-23-17(22)15-5-2-13(3-6-15)11-21-9-1-8-20-21/h1-10H,11-12H2. The number of aromatic nitrogens is 3. The molecule has 0 N–H and O–H groups in total. The van der Waals surface area contributed by atoms with Crippen molar-refractivity contribution in [1.29, 1.82) is 0 Å². The van der Waals surface area contributed by atoms with Gasteiger partial charge in [-0.3, -0.25) is 4.68 Å². The molecule has 1 aromatic carbocycles. The van der Waals surface area contributed by atoms with Crippen molar-refractivity contribution in [2.45, 2.75) is 13.2 Å². The third kappa shape index (κ3) is 4.17. The lowest BCUT2D eigenvalue weighted by atomic mass is 10.1. The van der Waals surface area contributed by atoms with Gasteiger partial charge in [0.25, 0.3) is 0 Å². The van der Waals surface area contributed by atoms with Crippen LogP contribution >= 0.6 is 11.6 Å². The van der Waals surface area contributed by atoms with Crippen LogP contribution < -0.4 is 0 Å². The van der Waals surface area contributed by atoms with Gasteiger partial charge in [0.05, 0.1) is 12.1 Å². The maximum Gasteiger partial charge on any atom is 0.338 e. The van der Waals surface area contributed by atoms with Gasteiger partial charge in [0.2, 0.25) is 0 Å². The Morgan fingerprint density at radius 2 is 1.91 bits per heavy atom. The monoisotopic (exact) mass is 327 g/mol. The van der Waals surface area contributed by atoms with Crippen LogP contribution in [0.2, 0.25) is 5.15 Å². The molecule has 3 rings (SSSR count). The third-order valence-corrected chi connectivity index (χ3v) is 3.48. The molecular formula is C17H14ClN3O2. The van der Waals surface area contributed by atoms with Crippen molar-refractivity contribution in [2.24, 2.45) is 0 Å². The van der Waals surface area contributed by atoms with E-state index in [2.05, 4.69) is 10.1 Å². The molecule has 3 aromatic rings. The Hall–Kier alpha value is -2.66. The van der Waals surface area contributed by atoms with Gasteiger partial charge in [0.15, 0.2) is 0 Å². The van der Waals surface area contributed by atoms with E-state index in [1.807, 2.05) is 29.1 Å². The van der Waals surface area contributed by atoms with Crippen molar-refractivity contribution < 1.29 is 9.53 Å². The first-order valence-electron chi connectivity index (χ1n) is 7.04. The van der Waals surface area contributed by atoms with Crippen molar-refractivity contribution in [3.8, 4) is 0 Å². The van der Waals surface area contributed by atoms with Gasteiger partial charge in [-0.25, -0.2) is 9.78 Å². The number of rotatable bonds is 5. The van der Waals surface area contributed by atoms with Gasteiger partial charge in [-0.2, -0.15) is 5.10 Å². The first kappa shape index (κ1) is 15.2. The number of esters is 1. The van der Waals surface area contributed by atoms with Crippen LogP contribution in [0.1, 0.15) is 21.5 Å². The molecule has 0 bridgehead atoms. The summed E-state index contributed by atoms with van der Waals surface area (Å²) in [6, 6.07) is 12.6. The second-order valence-corrected chi connectivity index (χ2v) is 5.35. The van der Waals surface area contributed by atoms with Crippen molar-refractivity contribution >= 4 is 17.6 Å². The Morgan fingerprint density at radius 1 is 1.13 bits per heavy atom. The van der Waals surface area contributed by atoms with Gasteiger partial charge in [-0.1, -0.05) is 29.8 Å². The number of benzene rings is 1. The van der Waals surface area contributed by atoms with Crippen molar-refractivity contribution in [3.63, 3.8) is 0 Å². The van der Waals surface area contributed by atoms with E-state index in [0.29, 0.717) is 17.3 Å². The summed E-state index contributed by atoms with van der Waals surface area (Å²) in [7, 11) is 0. The zero-order chi connectivity index (χ0) is 16.1. The molecule has 0 aliphatic heterocycles. The largest absolute Gasteiger partial charge is 0.457 e. The number of hydrogen-bond donors (Lipinski definition) is 0. The van der Waals surface area contributed by atoms with Crippen LogP contribution in [0.5, 0.6) is 0 Å².